The van der Waals surface area contributed by atoms with Gasteiger partial charge < -0.3 is 10.2 Å². The molecule has 3 aromatic rings. The smallest absolute Gasteiger partial charge is 0.264 e. The molecule has 0 spiro atoms. The molecule has 0 aliphatic heterocycles. The molecular formula is C29H33Cl2N3O4S. The molecule has 2 amide bonds. The molecule has 3 rings (SSSR count). The van der Waals surface area contributed by atoms with Crippen LogP contribution in [0.3, 0.4) is 0 Å². The first-order valence-electron chi connectivity index (χ1n) is 12.4. The fraction of sp³-hybridized carbons (Fsp3) is 0.310. The molecule has 1 unspecified atom stereocenters. The summed E-state index contributed by atoms with van der Waals surface area (Å²) in [7, 11) is -4.11. The average molecular weight is 591 g/mol. The predicted molar refractivity (Wildman–Crippen MR) is 157 cm³/mol. The van der Waals surface area contributed by atoms with Gasteiger partial charge in [-0.25, -0.2) is 8.42 Å². The fourth-order valence-corrected chi connectivity index (χ4v) is 5.67. The van der Waals surface area contributed by atoms with Crippen LogP contribution < -0.4 is 9.62 Å². The molecule has 0 radical (unpaired) electrons. The van der Waals surface area contributed by atoms with E-state index in [-0.39, 0.29) is 17.3 Å². The summed E-state index contributed by atoms with van der Waals surface area (Å²) in [6, 6.07) is 18.9. The number of rotatable bonds is 9. The van der Waals surface area contributed by atoms with Crippen LogP contribution in [0.5, 0.6) is 0 Å². The lowest BCUT2D eigenvalue weighted by Gasteiger charge is -2.33. The Kier molecular flexibility index (Phi) is 9.69. The van der Waals surface area contributed by atoms with Crippen LogP contribution in [0.25, 0.3) is 0 Å². The summed E-state index contributed by atoms with van der Waals surface area (Å²) in [5.41, 5.74) is 1.28. The molecule has 0 aliphatic rings. The number of anilines is 1. The van der Waals surface area contributed by atoms with Gasteiger partial charge in [0.1, 0.15) is 12.6 Å². The van der Waals surface area contributed by atoms with Crippen molar-refractivity contribution < 1.29 is 18.0 Å². The third kappa shape index (κ3) is 7.97. The van der Waals surface area contributed by atoms with Crippen molar-refractivity contribution in [1.29, 1.82) is 0 Å². The molecule has 1 atom stereocenters. The minimum absolute atomic E-state index is 0.0154. The van der Waals surface area contributed by atoms with Crippen molar-refractivity contribution in [3.8, 4) is 0 Å². The van der Waals surface area contributed by atoms with Gasteiger partial charge in [0.05, 0.1) is 20.6 Å². The summed E-state index contributed by atoms with van der Waals surface area (Å²) in [4.78, 5) is 28.5. The number of carbonyl (C=O) groups is 2. The summed E-state index contributed by atoms with van der Waals surface area (Å²) in [5, 5.41) is 3.56. The second-order valence-corrected chi connectivity index (χ2v) is 13.0. The van der Waals surface area contributed by atoms with Crippen molar-refractivity contribution in [2.45, 2.75) is 57.6 Å². The zero-order valence-electron chi connectivity index (χ0n) is 22.6. The largest absolute Gasteiger partial charge is 0.350 e. The van der Waals surface area contributed by atoms with Gasteiger partial charge in [0.25, 0.3) is 10.0 Å². The quantitative estimate of drug-likeness (QED) is 0.340. The van der Waals surface area contributed by atoms with Crippen molar-refractivity contribution in [2.24, 2.45) is 0 Å². The minimum atomic E-state index is -4.11. The van der Waals surface area contributed by atoms with Gasteiger partial charge in [-0.05, 0) is 82.1 Å². The van der Waals surface area contributed by atoms with Crippen LogP contribution in [0, 0.1) is 6.92 Å². The standard InChI is InChI=1S/C29H33Cl2N3O4S/c1-20-10-9-11-23(16-20)34(39(37,38)24-12-7-6-8-13-24)19-27(35)33(21(2)28(36)32-29(3,4)5)18-22-14-15-25(30)26(31)17-22/h6-17,21H,18-19H2,1-5H3,(H,32,36). The number of amides is 2. The summed E-state index contributed by atoms with van der Waals surface area (Å²) in [6.45, 7) is 8.47. The maximum Gasteiger partial charge on any atom is 0.264 e. The molecule has 39 heavy (non-hydrogen) atoms. The Labute approximate surface area is 240 Å². The summed E-state index contributed by atoms with van der Waals surface area (Å²) >= 11 is 12.3. The number of sulfonamides is 1. The van der Waals surface area contributed by atoms with E-state index in [1.54, 1.807) is 61.5 Å². The molecular weight excluding hydrogens is 557 g/mol. The molecule has 1 N–H and O–H groups in total. The summed E-state index contributed by atoms with van der Waals surface area (Å²) < 4.78 is 28.6. The number of hydrogen-bond acceptors (Lipinski definition) is 4. The topological polar surface area (TPSA) is 86.8 Å². The van der Waals surface area contributed by atoms with Gasteiger partial charge in [0.15, 0.2) is 0 Å². The summed E-state index contributed by atoms with van der Waals surface area (Å²) in [5.74, 6) is -0.928. The molecule has 0 saturated carbocycles. The van der Waals surface area contributed by atoms with Gasteiger partial charge >= 0.3 is 0 Å². The van der Waals surface area contributed by atoms with E-state index < -0.39 is 34.1 Å². The van der Waals surface area contributed by atoms with Gasteiger partial charge in [0, 0.05) is 12.1 Å². The lowest BCUT2D eigenvalue weighted by Crippen LogP contribution is -2.54. The van der Waals surface area contributed by atoms with E-state index in [1.165, 1.54) is 17.0 Å². The van der Waals surface area contributed by atoms with E-state index in [2.05, 4.69) is 5.32 Å². The summed E-state index contributed by atoms with van der Waals surface area (Å²) in [6.07, 6.45) is 0. The number of halogens is 2. The Hall–Kier alpha value is -3.07. The monoisotopic (exact) mass is 589 g/mol. The average Bonchev–Trinajstić information content (AvgIpc) is 2.86. The Morgan fingerprint density at radius 2 is 1.59 bits per heavy atom. The van der Waals surface area contributed by atoms with Gasteiger partial charge in [0.2, 0.25) is 11.8 Å². The van der Waals surface area contributed by atoms with Crippen molar-refractivity contribution in [3.05, 3.63) is 94.0 Å². The van der Waals surface area contributed by atoms with E-state index >= 15 is 0 Å². The lowest BCUT2D eigenvalue weighted by molar-refractivity contribution is -0.140. The highest BCUT2D eigenvalue weighted by atomic mass is 35.5. The van der Waals surface area contributed by atoms with E-state index in [0.29, 0.717) is 21.3 Å². The number of aryl methyl sites for hydroxylation is 1. The van der Waals surface area contributed by atoms with Gasteiger partial charge in [-0.2, -0.15) is 0 Å². The van der Waals surface area contributed by atoms with Crippen molar-refractivity contribution in [3.63, 3.8) is 0 Å². The predicted octanol–water partition coefficient (Wildman–Crippen LogP) is 5.83. The van der Waals surface area contributed by atoms with Crippen molar-refractivity contribution in [1.82, 2.24) is 10.2 Å². The molecule has 0 aliphatic carbocycles. The van der Waals surface area contributed by atoms with Crippen LogP contribution in [0.4, 0.5) is 5.69 Å². The number of benzene rings is 3. The molecule has 10 heteroatoms. The number of nitrogens with zero attached hydrogens (tertiary/aromatic N) is 2. The van der Waals surface area contributed by atoms with Crippen LogP contribution >= 0.6 is 23.2 Å². The van der Waals surface area contributed by atoms with Gasteiger partial charge in [-0.15, -0.1) is 0 Å². The Morgan fingerprint density at radius 1 is 0.923 bits per heavy atom. The molecule has 208 valence electrons. The van der Waals surface area contributed by atoms with Crippen molar-refractivity contribution >= 4 is 50.7 Å². The van der Waals surface area contributed by atoms with Crippen LogP contribution in [-0.2, 0) is 26.2 Å². The molecule has 0 saturated heterocycles. The van der Waals surface area contributed by atoms with E-state index in [1.807, 2.05) is 33.8 Å². The molecule has 7 nitrogen and oxygen atoms in total. The molecule has 3 aromatic carbocycles. The Balaban J connectivity index is 2.04. The zero-order valence-corrected chi connectivity index (χ0v) is 24.9. The van der Waals surface area contributed by atoms with E-state index in [9.17, 15) is 18.0 Å². The normalized spacial score (nSPS) is 12.5. The maximum absolute atomic E-state index is 13.9. The maximum atomic E-state index is 13.9. The highest BCUT2D eigenvalue weighted by Crippen LogP contribution is 2.27. The van der Waals surface area contributed by atoms with E-state index in [0.717, 1.165) is 9.87 Å². The Bertz CT molecular complexity index is 1440. The fourth-order valence-electron chi connectivity index (χ4n) is 3.92. The highest BCUT2D eigenvalue weighted by molar-refractivity contribution is 7.92. The van der Waals surface area contributed by atoms with Crippen LogP contribution in [0.15, 0.2) is 77.7 Å². The SMILES string of the molecule is Cc1cccc(N(CC(=O)N(Cc2ccc(Cl)c(Cl)c2)C(C)C(=O)NC(C)(C)C)S(=O)(=O)c2ccccc2)c1. The first-order chi connectivity index (χ1) is 18.2. The Morgan fingerprint density at radius 3 is 2.18 bits per heavy atom. The van der Waals surface area contributed by atoms with Crippen molar-refractivity contribution in [2.75, 3.05) is 10.8 Å². The highest BCUT2D eigenvalue weighted by Gasteiger charge is 2.33. The first kappa shape index (κ1) is 30.5. The zero-order chi connectivity index (χ0) is 29.0. The van der Waals surface area contributed by atoms with E-state index in [4.69, 9.17) is 23.2 Å². The van der Waals surface area contributed by atoms with Gasteiger partial charge in [-0.1, -0.05) is 59.6 Å². The van der Waals surface area contributed by atoms with Crippen LogP contribution in [-0.4, -0.2) is 43.3 Å². The second kappa shape index (κ2) is 12.4. The lowest BCUT2D eigenvalue weighted by atomic mass is 10.1. The number of carbonyl (C=O) groups excluding carboxylic acids is 2. The second-order valence-electron chi connectivity index (χ2n) is 10.3. The van der Waals surface area contributed by atoms with Crippen LogP contribution in [0.1, 0.15) is 38.8 Å². The third-order valence-electron chi connectivity index (χ3n) is 5.90. The molecule has 0 fully saturated rings. The molecule has 0 heterocycles. The first-order valence-corrected chi connectivity index (χ1v) is 14.6. The molecule has 0 aromatic heterocycles. The van der Waals surface area contributed by atoms with Gasteiger partial charge in [-0.3, -0.25) is 13.9 Å². The number of hydrogen-bond donors (Lipinski definition) is 1. The third-order valence-corrected chi connectivity index (χ3v) is 8.43. The molecule has 0 bridgehead atoms. The minimum Gasteiger partial charge on any atom is -0.350 e. The number of nitrogens with one attached hydrogen (secondary N) is 1. The van der Waals surface area contributed by atoms with Crippen LogP contribution in [0.2, 0.25) is 10.0 Å².